The molecule has 0 spiro atoms. The van der Waals surface area contributed by atoms with E-state index in [1.165, 1.54) is 18.2 Å². The van der Waals surface area contributed by atoms with Gasteiger partial charge >= 0.3 is 5.97 Å². The van der Waals surface area contributed by atoms with Crippen LogP contribution in [0.5, 0.6) is 5.75 Å². The van der Waals surface area contributed by atoms with Gasteiger partial charge in [0.05, 0.1) is 13.7 Å². The second-order valence-corrected chi connectivity index (χ2v) is 3.69. The molecule has 0 aliphatic rings. The SMILES string of the molecule is C=CC(=O)NCCOc1ccc(C(=O)C(=O)OC)cc1. The normalized spacial score (nSPS) is 9.45. The van der Waals surface area contributed by atoms with Crippen molar-refractivity contribution < 1.29 is 23.9 Å². The molecule has 106 valence electrons. The van der Waals surface area contributed by atoms with Crippen molar-refractivity contribution in [2.75, 3.05) is 20.3 Å². The average Bonchev–Trinajstić information content (AvgIpc) is 2.50. The van der Waals surface area contributed by atoms with E-state index in [0.29, 0.717) is 12.3 Å². The molecule has 0 aliphatic carbocycles. The number of ketones is 1. The van der Waals surface area contributed by atoms with Gasteiger partial charge in [0.15, 0.2) is 0 Å². The Balaban J connectivity index is 2.47. The van der Waals surface area contributed by atoms with Crippen LogP contribution in [-0.2, 0) is 14.3 Å². The molecule has 0 fully saturated rings. The Labute approximate surface area is 116 Å². The van der Waals surface area contributed by atoms with Crippen molar-refractivity contribution in [2.45, 2.75) is 0 Å². The molecule has 0 saturated heterocycles. The minimum absolute atomic E-state index is 0.226. The summed E-state index contributed by atoms with van der Waals surface area (Å²) >= 11 is 0. The number of rotatable bonds is 7. The molecule has 1 aromatic carbocycles. The van der Waals surface area contributed by atoms with Gasteiger partial charge in [-0.15, -0.1) is 0 Å². The van der Waals surface area contributed by atoms with Crippen LogP contribution in [0.15, 0.2) is 36.9 Å². The van der Waals surface area contributed by atoms with Crippen LogP contribution in [0, 0.1) is 0 Å². The molecule has 1 amide bonds. The van der Waals surface area contributed by atoms with Crippen LogP contribution in [0.2, 0.25) is 0 Å². The highest BCUT2D eigenvalue weighted by atomic mass is 16.5. The summed E-state index contributed by atoms with van der Waals surface area (Å²) in [7, 11) is 1.15. The van der Waals surface area contributed by atoms with Gasteiger partial charge in [0.2, 0.25) is 5.91 Å². The first kappa shape index (κ1) is 15.4. The number of hydrogen-bond donors (Lipinski definition) is 1. The summed E-state index contributed by atoms with van der Waals surface area (Å²) in [5.41, 5.74) is 0.226. The van der Waals surface area contributed by atoms with Crippen LogP contribution >= 0.6 is 0 Å². The van der Waals surface area contributed by atoms with Crippen LogP contribution in [-0.4, -0.2) is 37.9 Å². The van der Waals surface area contributed by atoms with Gasteiger partial charge in [-0.05, 0) is 30.3 Å². The summed E-state index contributed by atoms with van der Waals surface area (Å²) in [5.74, 6) is -1.37. The Morgan fingerprint density at radius 3 is 2.45 bits per heavy atom. The minimum Gasteiger partial charge on any atom is -0.492 e. The van der Waals surface area contributed by atoms with E-state index in [-0.39, 0.29) is 18.1 Å². The van der Waals surface area contributed by atoms with E-state index >= 15 is 0 Å². The van der Waals surface area contributed by atoms with Crippen LogP contribution in [0.1, 0.15) is 10.4 Å². The smallest absolute Gasteiger partial charge is 0.379 e. The lowest BCUT2D eigenvalue weighted by Gasteiger charge is -2.07. The lowest BCUT2D eigenvalue weighted by atomic mass is 10.1. The van der Waals surface area contributed by atoms with E-state index in [4.69, 9.17) is 4.74 Å². The number of esters is 1. The zero-order chi connectivity index (χ0) is 15.0. The van der Waals surface area contributed by atoms with Crippen molar-refractivity contribution >= 4 is 17.7 Å². The molecule has 6 nitrogen and oxygen atoms in total. The van der Waals surface area contributed by atoms with Gasteiger partial charge in [-0.3, -0.25) is 9.59 Å². The highest BCUT2D eigenvalue weighted by molar-refractivity contribution is 6.40. The van der Waals surface area contributed by atoms with E-state index in [2.05, 4.69) is 16.6 Å². The molecular formula is C14H15NO5. The van der Waals surface area contributed by atoms with Gasteiger partial charge in [0.1, 0.15) is 12.4 Å². The molecule has 0 bridgehead atoms. The number of benzene rings is 1. The maximum absolute atomic E-state index is 11.5. The maximum Gasteiger partial charge on any atom is 0.379 e. The first-order valence-corrected chi connectivity index (χ1v) is 5.84. The lowest BCUT2D eigenvalue weighted by molar-refractivity contribution is -0.135. The molecule has 0 saturated carbocycles. The largest absolute Gasteiger partial charge is 0.492 e. The first-order valence-electron chi connectivity index (χ1n) is 5.84. The van der Waals surface area contributed by atoms with E-state index in [1.807, 2.05) is 0 Å². The molecule has 0 unspecified atom stereocenters. The van der Waals surface area contributed by atoms with Crippen LogP contribution in [0.3, 0.4) is 0 Å². The topological polar surface area (TPSA) is 81.7 Å². The summed E-state index contributed by atoms with van der Waals surface area (Å²) in [4.78, 5) is 33.4. The Morgan fingerprint density at radius 1 is 1.25 bits per heavy atom. The molecule has 0 aliphatic heterocycles. The van der Waals surface area contributed by atoms with Gasteiger partial charge in [-0.2, -0.15) is 0 Å². The van der Waals surface area contributed by atoms with Crippen molar-refractivity contribution in [3.05, 3.63) is 42.5 Å². The summed E-state index contributed by atoms with van der Waals surface area (Å²) in [5, 5.41) is 2.56. The molecule has 0 heterocycles. The fourth-order valence-electron chi connectivity index (χ4n) is 1.33. The third kappa shape index (κ3) is 4.56. The van der Waals surface area contributed by atoms with Crippen molar-refractivity contribution in [2.24, 2.45) is 0 Å². The predicted octanol–water partition coefficient (Wildman–Crippen LogP) is 0.723. The monoisotopic (exact) mass is 277 g/mol. The van der Waals surface area contributed by atoms with E-state index in [1.54, 1.807) is 12.1 Å². The van der Waals surface area contributed by atoms with E-state index in [0.717, 1.165) is 7.11 Å². The average molecular weight is 277 g/mol. The molecule has 1 N–H and O–H groups in total. The third-order valence-electron chi connectivity index (χ3n) is 2.34. The molecule has 20 heavy (non-hydrogen) atoms. The summed E-state index contributed by atoms with van der Waals surface area (Å²) in [6.45, 7) is 3.94. The fraction of sp³-hybridized carbons (Fsp3) is 0.214. The number of amides is 1. The van der Waals surface area contributed by atoms with Crippen molar-refractivity contribution in [3.8, 4) is 5.75 Å². The van der Waals surface area contributed by atoms with Gasteiger partial charge < -0.3 is 14.8 Å². The number of methoxy groups -OCH3 is 1. The Bertz CT molecular complexity index is 507. The summed E-state index contributed by atoms with van der Waals surface area (Å²) in [6.07, 6.45) is 1.17. The molecule has 0 radical (unpaired) electrons. The van der Waals surface area contributed by atoms with Gasteiger partial charge in [-0.25, -0.2) is 4.79 Å². The Hall–Kier alpha value is -2.63. The summed E-state index contributed by atoms with van der Waals surface area (Å²) < 4.78 is 9.69. The second kappa shape index (κ2) is 7.73. The van der Waals surface area contributed by atoms with Crippen molar-refractivity contribution in [1.29, 1.82) is 0 Å². The summed E-state index contributed by atoms with van der Waals surface area (Å²) in [6, 6.07) is 6.06. The third-order valence-corrected chi connectivity index (χ3v) is 2.34. The standard InChI is InChI=1S/C14H15NO5/c1-3-12(16)15-8-9-20-11-6-4-10(5-7-11)13(17)14(18)19-2/h3-7H,1,8-9H2,2H3,(H,15,16). The molecule has 0 aromatic heterocycles. The highest BCUT2D eigenvalue weighted by Crippen LogP contribution is 2.12. The molecule has 1 rings (SSSR count). The molecular weight excluding hydrogens is 262 g/mol. The van der Waals surface area contributed by atoms with Crippen LogP contribution in [0.4, 0.5) is 0 Å². The second-order valence-electron chi connectivity index (χ2n) is 3.69. The van der Waals surface area contributed by atoms with Gasteiger partial charge in [0, 0.05) is 5.56 Å². The fourth-order valence-corrected chi connectivity index (χ4v) is 1.33. The maximum atomic E-state index is 11.5. The van der Waals surface area contributed by atoms with Gasteiger partial charge in [0.25, 0.3) is 5.78 Å². The zero-order valence-corrected chi connectivity index (χ0v) is 11.0. The number of ether oxygens (including phenoxy) is 2. The number of carbonyl (C=O) groups is 3. The quantitative estimate of drug-likeness (QED) is 0.261. The molecule has 6 heteroatoms. The van der Waals surface area contributed by atoms with Gasteiger partial charge in [-0.1, -0.05) is 6.58 Å². The minimum atomic E-state index is -0.911. The number of Topliss-reactive ketones (excluding diaryl/α,β-unsaturated/α-hetero) is 1. The van der Waals surface area contributed by atoms with E-state index in [9.17, 15) is 14.4 Å². The predicted molar refractivity (Wildman–Crippen MR) is 71.5 cm³/mol. The number of hydrogen-bond acceptors (Lipinski definition) is 5. The first-order chi connectivity index (χ1) is 9.58. The van der Waals surface area contributed by atoms with E-state index < -0.39 is 11.8 Å². The molecule has 1 aromatic rings. The number of nitrogens with one attached hydrogen (secondary N) is 1. The highest BCUT2D eigenvalue weighted by Gasteiger charge is 2.16. The zero-order valence-electron chi connectivity index (χ0n) is 11.0. The Morgan fingerprint density at radius 2 is 1.90 bits per heavy atom. The lowest BCUT2D eigenvalue weighted by Crippen LogP contribution is -2.26. The van der Waals surface area contributed by atoms with Crippen LogP contribution < -0.4 is 10.1 Å². The van der Waals surface area contributed by atoms with Crippen molar-refractivity contribution in [3.63, 3.8) is 0 Å². The van der Waals surface area contributed by atoms with Crippen LogP contribution in [0.25, 0.3) is 0 Å². The Kier molecular flexibility index (Phi) is 5.96. The molecule has 0 atom stereocenters. The van der Waals surface area contributed by atoms with Crippen molar-refractivity contribution in [1.82, 2.24) is 5.32 Å². The number of carbonyl (C=O) groups excluding carboxylic acids is 3.